The molecule has 19 heavy (non-hydrogen) atoms. The van der Waals surface area contributed by atoms with Gasteiger partial charge in [-0.05, 0) is 31.2 Å². The Kier molecular flexibility index (Phi) is 4.78. The van der Waals surface area contributed by atoms with Gasteiger partial charge in [0.2, 0.25) is 0 Å². The molecule has 0 unspecified atom stereocenters. The van der Waals surface area contributed by atoms with Crippen molar-refractivity contribution in [2.45, 2.75) is 6.92 Å². The van der Waals surface area contributed by atoms with Gasteiger partial charge in [-0.1, -0.05) is 30.3 Å². The van der Waals surface area contributed by atoms with Crippen LogP contribution < -0.4 is 15.7 Å². The Balaban J connectivity index is 2.25. The van der Waals surface area contributed by atoms with Crippen LogP contribution in [0.15, 0.2) is 54.6 Å². The Morgan fingerprint density at radius 2 is 1.68 bits per heavy atom. The molecule has 2 rings (SSSR count). The molecule has 0 fully saturated rings. The maximum absolute atomic E-state index is 8.90. The van der Waals surface area contributed by atoms with E-state index in [4.69, 9.17) is 5.21 Å². The van der Waals surface area contributed by atoms with Gasteiger partial charge in [0.15, 0.2) is 0 Å². The number of anilines is 3. The summed E-state index contributed by atoms with van der Waals surface area (Å²) in [6, 6.07) is 18.1. The normalized spacial score (nSPS) is 10.2. The van der Waals surface area contributed by atoms with Gasteiger partial charge < -0.3 is 15.4 Å². The third-order valence-electron chi connectivity index (χ3n) is 2.94. The minimum absolute atomic E-state index is 0.393. The van der Waals surface area contributed by atoms with Crippen molar-refractivity contribution < 1.29 is 5.21 Å². The molecule has 0 aliphatic heterocycles. The van der Waals surface area contributed by atoms with Crippen molar-refractivity contribution in [3.05, 3.63) is 54.6 Å². The summed E-state index contributed by atoms with van der Waals surface area (Å²) in [5.41, 5.74) is 5.32. The van der Waals surface area contributed by atoms with Crippen LogP contribution in [0.3, 0.4) is 0 Å². The van der Waals surface area contributed by atoms with E-state index in [1.807, 2.05) is 59.5 Å². The molecule has 0 spiro atoms. The van der Waals surface area contributed by atoms with Crippen LogP contribution >= 0.6 is 0 Å². The van der Waals surface area contributed by atoms with Gasteiger partial charge in [0.1, 0.15) is 0 Å². The number of nitrogens with one attached hydrogen (secondary N) is 2. The molecular formula is C15H19N3O. The van der Waals surface area contributed by atoms with E-state index < -0.39 is 0 Å². The van der Waals surface area contributed by atoms with E-state index in [-0.39, 0.29) is 0 Å². The number of para-hydroxylation sites is 3. The van der Waals surface area contributed by atoms with Crippen molar-refractivity contribution in [2.24, 2.45) is 0 Å². The number of hydroxylamine groups is 1. The predicted molar refractivity (Wildman–Crippen MR) is 79.0 cm³/mol. The van der Waals surface area contributed by atoms with Gasteiger partial charge in [-0.25, -0.2) is 0 Å². The highest BCUT2D eigenvalue weighted by molar-refractivity contribution is 5.75. The Morgan fingerprint density at radius 3 is 2.37 bits per heavy atom. The summed E-state index contributed by atoms with van der Waals surface area (Å²) in [5.74, 6) is 0. The van der Waals surface area contributed by atoms with Gasteiger partial charge in [0.05, 0.1) is 18.0 Å². The Morgan fingerprint density at radius 1 is 1.00 bits per heavy atom. The second-order valence-corrected chi connectivity index (χ2v) is 4.18. The molecular weight excluding hydrogens is 238 g/mol. The second-order valence-electron chi connectivity index (χ2n) is 4.18. The summed E-state index contributed by atoms with van der Waals surface area (Å²) in [5, 5.41) is 12.3. The number of rotatable bonds is 6. The topological polar surface area (TPSA) is 47.5 Å². The molecule has 100 valence electrons. The molecule has 0 amide bonds. The third kappa shape index (κ3) is 3.47. The Hall–Kier alpha value is -2.04. The summed E-state index contributed by atoms with van der Waals surface area (Å²) < 4.78 is 0. The number of hydrogen-bond donors (Lipinski definition) is 3. The second kappa shape index (κ2) is 6.78. The Bertz CT molecular complexity index is 502. The predicted octanol–water partition coefficient (Wildman–Crippen LogP) is 3.19. The zero-order valence-corrected chi connectivity index (χ0v) is 11.0. The zero-order chi connectivity index (χ0) is 13.5. The minimum Gasteiger partial charge on any atom is -0.355 e. The van der Waals surface area contributed by atoms with Crippen molar-refractivity contribution in [2.75, 3.05) is 23.4 Å². The average molecular weight is 257 g/mol. The molecule has 2 aromatic rings. The van der Waals surface area contributed by atoms with Crippen molar-refractivity contribution in [3.8, 4) is 0 Å². The van der Waals surface area contributed by atoms with E-state index >= 15 is 0 Å². The number of nitrogens with zero attached hydrogens (tertiary/aromatic N) is 1. The van der Waals surface area contributed by atoms with E-state index in [2.05, 4.69) is 17.7 Å². The summed E-state index contributed by atoms with van der Waals surface area (Å²) in [4.78, 5) is 2.05. The average Bonchev–Trinajstić information content (AvgIpc) is 2.47. The van der Waals surface area contributed by atoms with Crippen LogP contribution in [0.25, 0.3) is 0 Å². The van der Waals surface area contributed by atoms with Gasteiger partial charge in [0.25, 0.3) is 0 Å². The van der Waals surface area contributed by atoms with Crippen LogP contribution in [0, 0.1) is 0 Å². The fourth-order valence-electron chi connectivity index (χ4n) is 1.98. The monoisotopic (exact) mass is 257 g/mol. The highest BCUT2D eigenvalue weighted by atomic mass is 16.5. The molecule has 0 saturated heterocycles. The SMILES string of the molecule is CCN(CNO)c1ccccc1Nc1ccccc1. The van der Waals surface area contributed by atoms with Gasteiger partial charge in [-0.3, -0.25) is 0 Å². The van der Waals surface area contributed by atoms with E-state index in [1.165, 1.54) is 0 Å². The molecule has 0 heterocycles. The van der Waals surface area contributed by atoms with Crippen LogP contribution in [0.5, 0.6) is 0 Å². The summed E-state index contributed by atoms with van der Waals surface area (Å²) in [7, 11) is 0. The highest BCUT2D eigenvalue weighted by Gasteiger charge is 2.08. The standard InChI is InChI=1S/C15H19N3O/c1-2-18(12-16-19)15-11-7-6-10-14(15)17-13-8-4-3-5-9-13/h3-11,16-17,19H,2,12H2,1H3. The first-order chi connectivity index (χ1) is 9.35. The van der Waals surface area contributed by atoms with Crippen LogP contribution in [0.2, 0.25) is 0 Å². The van der Waals surface area contributed by atoms with Gasteiger partial charge >= 0.3 is 0 Å². The fraction of sp³-hybridized carbons (Fsp3) is 0.200. The summed E-state index contributed by atoms with van der Waals surface area (Å²) >= 11 is 0. The van der Waals surface area contributed by atoms with E-state index in [0.29, 0.717) is 6.67 Å². The van der Waals surface area contributed by atoms with Crippen molar-refractivity contribution >= 4 is 17.1 Å². The molecule has 0 bridgehead atoms. The first-order valence-electron chi connectivity index (χ1n) is 6.38. The molecule has 2 aromatic carbocycles. The van der Waals surface area contributed by atoms with Gasteiger partial charge in [-0.2, -0.15) is 5.48 Å². The number of benzene rings is 2. The molecule has 4 nitrogen and oxygen atoms in total. The fourth-order valence-corrected chi connectivity index (χ4v) is 1.98. The molecule has 0 aromatic heterocycles. The molecule has 3 N–H and O–H groups in total. The molecule has 0 saturated carbocycles. The third-order valence-corrected chi connectivity index (χ3v) is 2.94. The van der Waals surface area contributed by atoms with Crippen molar-refractivity contribution in [1.82, 2.24) is 5.48 Å². The summed E-state index contributed by atoms with van der Waals surface area (Å²) in [6.07, 6.45) is 0. The zero-order valence-electron chi connectivity index (χ0n) is 11.0. The van der Waals surface area contributed by atoms with E-state index in [0.717, 1.165) is 23.6 Å². The number of hydrogen-bond acceptors (Lipinski definition) is 4. The lowest BCUT2D eigenvalue weighted by Crippen LogP contribution is -2.32. The van der Waals surface area contributed by atoms with Crippen LogP contribution in [0.1, 0.15) is 6.92 Å². The Labute approximate surface area is 113 Å². The van der Waals surface area contributed by atoms with Gasteiger partial charge in [0, 0.05) is 12.2 Å². The van der Waals surface area contributed by atoms with Crippen molar-refractivity contribution in [3.63, 3.8) is 0 Å². The lowest BCUT2D eigenvalue weighted by Gasteiger charge is -2.25. The molecule has 0 aliphatic carbocycles. The van der Waals surface area contributed by atoms with Crippen LogP contribution in [0.4, 0.5) is 17.1 Å². The van der Waals surface area contributed by atoms with Crippen LogP contribution in [-0.4, -0.2) is 18.4 Å². The molecule has 4 heteroatoms. The molecule has 0 atom stereocenters. The highest BCUT2D eigenvalue weighted by Crippen LogP contribution is 2.28. The lowest BCUT2D eigenvalue weighted by atomic mass is 10.2. The molecule has 0 radical (unpaired) electrons. The quantitative estimate of drug-likeness (QED) is 0.549. The maximum Gasteiger partial charge on any atom is 0.0913 e. The van der Waals surface area contributed by atoms with Crippen LogP contribution in [-0.2, 0) is 0 Å². The van der Waals surface area contributed by atoms with Crippen molar-refractivity contribution in [1.29, 1.82) is 0 Å². The van der Waals surface area contributed by atoms with E-state index in [9.17, 15) is 0 Å². The lowest BCUT2D eigenvalue weighted by molar-refractivity contribution is 0.167. The van der Waals surface area contributed by atoms with Gasteiger partial charge in [-0.15, -0.1) is 0 Å². The maximum atomic E-state index is 8.90. The minimum atomic E-state index is 0.393. The smallest absolute Gasteiger partial charge is 0.0913 e. The first kappa shape index (κ1) is 13.4. The first-order valence-corrected chi connectivity index (χ1v) is 6.38. The molecule has 0 aliphatic rings. The summed E-state index contributed by atoms with van der Waals surface area (Å²) in [6.45, 7) is 3.25. The van der Waals surface area contributed by atoms with E-state index in [1.54, 1.807) is 0 Å². The largest absolute Gasteiger partial charge is 0.355 e.